The number of benzene rings is 2. The molecule has 1 fully saturated rings. The van der Waals surface area contributed by atoms with Crippen LogP contribution in [0.3, 0.4) is 0 Å². The molecular weight excluding hydrogens is 410 g/mol. The van der Waals surface area contributed by atoms with Crippen molar-refractivity contribution in [2.75, 3.05) is 19.6 Å². The van der Waals surface area contributed by atoms with Crippen LogP contribution in [0.25, 0.3) is 10.8 Å². The van der Waals surface area contributed by atoms with Crippen molar-refractivity contribution in [3.63, 3.8) is 0 Å². The Morgan fingerprint density at radius 1 is 1.10 bits per heavy atom. The first-order chi connectivity index (χ1) is 15.1. The zero-order chi connectivity index (χ0) is 21.4. The number of carbonyl (C=O) groups excluding carboxylic acids is 3. The Morgan fingerprint density at radius 2 is 1.84 bits per heavy atom. The molecule has 3 aromatic rings. The van der Waals surface area contributed by atoms with Crippen molar-refractivity contribution in [1.82, 2.24) is 14.8 Å². The lowest BCUT2D eigenvalue weighted by molar-refractivity contribution is -0.132. The van der Waals surface area contributed by atoms with Crippen LogP contribution < -0.4 is 0 Å². The highest BCUT2D eigenvalue weighted by atomic mass is 32.1. The topological polar surface area (TPSA) is 70.6 Å². The quantitative estimate of drug-likeness (QED) is 0.569. The zero-order valence-electron chi connectivity index (χ0n) is 17.1. The normalized spacial score (nSPS) is 18.6. The van der Waals surface area contributed by atoms with Crippen LogP contribution in [0.15, 0.2) is 48.0 Å². The third kappa shape index (κ3) is 3.63. The monoisotopic (exact) mass is 433 g/mol. The van der Waals surface area contributed by atoms with E-state index in [0.717, 1.165) is 35.2 Å². The first-order valence-electron chi connectivity index (χ1n) is 10.7. The first kappa shape index (κ1) is 19.9. The number of rotatable bonds is 5. The number of hydrogen-bond donors (Lipinski definition) is 0. The van der Waals surface area contributed by atoms with Crippen molar-refractivity contribution < 1.29 is 14.4 Å². The van der Waals surface area contributed by atoms with Crippen LogP contribution in [0, 0.1) is 0 Å². The number of thiazole rings is 1. The number of imide groups is 1. The molecule has 1 saturated heterocycles. The Kier molecular flexibility index (Phi) is 5.28. The summed E-state index contributed by atoms with van der Waals surface area (Å²) in [7, 11) is 0. The van der Waals surface area contributed by atoms with E-state index in [9.17, 15) is 14.4 Å². The molecule has 0 saturated carbocycles. The molecule has 3 amide bonds. The van der Waals surface area contributed by atoms with Crippen molar-refractivity contribution in [2.24, 2.45) is 0 Å². The van der Waals surface area contributed by atoms with Crippen LogP contribution in [0.1, 0.15) is 57.3 Å². The number of hydrogen-bond acceptors (Lipinski definition) is 5. The molecule has 0 spiro atoms. The van der Waals surface area contributed by atoms with Crippen LogP contribution in [-0.2, 0) is 4.79 Å². The summed E-state index contributed by atoms with van der Waals surface area (Å²) in [5.41, 5.74) is 1.11. The molecule has 0 bridgehead atoms. The number of carbonyl (C=O) groups is 3. The highest BCUT2D eigenvalue weighted by Crippen LogP contribution is 2.31. The summed E-state index contributed by atoms with van der Waals surface area (Å²) in [5.74, 6) is -0.160. The maximum atomic E-state index is 13.0. The highest BCUT2D eigenvalue weighted by molar-refractivity contribution is 7.09. The van der Waals surface area contributed by atoms with E-state index in [1.54, 1.807) is 23.5 Å². The molecule has 0 radical (unpaired) electrons. The average Bonchev–Trinajstić information content (AvgIpc) is 3.34. The predicted octanol–water partition coefficient (Wildman–Crippen LogP) is 4.08. The fraction of sp³-hybridized carbons (Fsp3) is 0.333. The third-order valence-corrected chi connectivity index (χ3v) is 7.14. The van der Waals surface area contributed by atoms with Gasteiger partial charge in [0.15, 0.2) is 0 Å². The van der Waals surface area contributed by atoms with Crippen LogP contribution >= 0.6 is 11.3 Å². The summed E-state index contributed by atoms with van der Waals surface area (Å²) in [4.78, 5) is 46.3. The number of aromatic nitrogens is 1. The Morgan fingerprint density at radius 3 is 2.52 bits per heavy atom. The first-order valence-corrected chi connectivity index (χ1v) is 11.6. The van der Waals surface area contributed by atoms with Gasteiger partial charge in [-0.3, -0.25) is 19.3 Å². The van der Waals surface area contributed by atoms with Gasteiger partial charge in [0.25, 0.3) is 11.8 Å². The summed E-state index contributed by atoms with van der Waals surface area (Å²) in [6.45, 7) is 1.71. The van der Waals surface area contributed by atoms with Crippen molar-refractivity contribution in [2.45, 2.75) is 31.6 Å². The Balaban J connectivity index is 1.23. The zero-order valence-corrected chi connectivity index (χ0v) is 17.9. The molecule has 2 aliphatic heterocycles. The van der Waals surface area contributed by atoms with Crippen molar-refractivity contribution in [1.29, 1.82) is 0 Å². The van der Waals surface area contributed by atoms with Gasteiger partial charge in [0, 0.05) is 60.1 Å². The van der Waals surface area contributed by atoms with Crippen molar-refractivity contribution >= 4 is 39.8 Å². The van der Waals surface area contributed by atoms with E-state index < -0.39 is 0 Å². The molecule has 3 heterocycles. The van der Waals surface area contributed by atoms with Gasteiger partial charge < -0.3 is 4.90 Å². The lowest BCUT2D eigenvalue weighted by Crippen LogP contribution is -2.42. The van der Waals surface area contributed by atoms with Crippen molar-refractivity contribution in [3.05, 3.63) is 64.1 Å². The summed E-state index contributed by atoms with van der Waals surface area (Å²) in [5, 5.41) is 4.69. The minimum absolute atomic E-state index is 0.0839. The molecule has 5 rings (SSSR count). The van der Waals surface area contributed by atoms with Gasteiger partial charge in [-0.15, -0.1) is 11.3 Å². The van der Waals surface area contributed by atoms with E-state index in [1.807, 2.05) is 40.7 Å². The van der Waals surface area contributed by atoms with Gasteiger partial charge in [-0.25, -0.2) is 4.98 Å². The molecule has 2 aliphatic rings. The summed E-state index contributed by atoms with van der Waals surface area (Å²) in [6.07, 6.45) is 4.63. The SMILES string of the molecule is O=C(CCCN1C(=O)c2cccc3cccc(c23)C1=O)N1CCCC(c2nccs2)C1. The third-order valence-electron chi connectivity index (χ3n) is 6.20. The van der Waals surface area contributed by atoms with E-state index in [4.69, 9.17) is 0 Å². The molecule has 31 heavy (non-hydrogen) atoms. The number of likely N-dealkylation sites (tertiary alicyclic amines) is 1. The summed E-state index contributed by atoms with van der Waals surface area (Å²) < 4.78 is 0. The summed E-state index contributed by atoms with van der Waals surface area (Å²) >= 11 is 1.64. The van der Waals surface area contributed by atoms with Crippen LogP contribution in [0.4, 0.5) is 0 Å². The lowest BCUT2D eigenvalue weighted by Gasteiger charge is -2.32. The van der Waals surface area contributed by atoms with E-state index in [1.165, 1.54) is 4.90 Å². The smallest absolute Gasteiger partial charge is 0.261 e. The van der Waals surface area contributed by atoms with Gasteiger partial charge in [-0.2, -0.15) is 0 Å². The second kappa shape index (κ2) is 8.23. The predicted molar refractivity (Wildman–Crippen MR) is 119 cm³/mol. The van der Waals surface area contributed by atoms with Crippen LogP contribution in [0.2, 0.25) is 0 Å². The van der Waals surface area contributed by atoms with E-state index in [2.05, 4.69) is 4.98 Å². The number of piperidine rings is 1. The Labute approximate surface area is 184 Å². The summed E-state index contributed by atoms with van der Waals surface area (Å²) in [6, 6.07) is 11.0. The highest BCUT2D eigenvalue weighted by Gasteiger charge is 2.32. The second-order valence-electron chi connectivity index (χ2n) is 8.12. The molecule has 1 unspecified atom stereocenters. The van der Waals surface area contributed by atoms with Gasteiger partial charge in [-0.1, -0.05) is 24.3 Å². The molecular formula is C24H23N3O3S. The maximum absolute atomic E-state index is 13.0. The van der Waals surface area contributed by atoms with Crippen LogP contribution in [-0.4, -0.2) is 52.1 Å². The maximum Gasteiger partial charge on any atom is 0.261 e. The molecule has 158 valence electrons. The van der Waals surface area contributed by atoms with Gasteiger partial charge >= 0.3 is 0 Å². The molecule has 1 atom stereocenters. The Hall–Kier alpha value is -3.06. The van der Waals surface area contributed by atoms with Crippen molar-refractivity contribution in [3.8, 4) is 0 Å². The van der Waals surface area contributed by atoms with E-state index >= 15 is 0 Å². The minimum Gasteiger partial charge on any atom is -0.342 e. The largest absolute Gasteiger partial charge is 0.342 e. The lowest BCUT2D eigenvalue weighted by atomic mass is 9.94. The van der Waals surface area contributed by atoms with E-state index in [0.29, 0.717) is 36.4 Å². The molecule has 0 aliphatic carbocycles. The number of nitrogens with zero attached hydrogens (tertiary/aromatic N) is 3. The average molecular weight is 434 g/mol. The van der Waals surface area contributed by atoms with Gasteiger partial charge in [0.05, 0.1) is 5.01 Å². The van der Waals surface area contributed by atoms with E-state index in [-0.39, 0.29) is 24.3 Å². The second-order valence-corrected chi connectivity index (χ2v) is 9.05. The molecule has 2 aromatic carbocycles. The molecule has 0 N–H and O–H groups in total. The van der Waals surface area contributed by atoms with Gasteiger partial charge in [0.1, 0.15) is 0 Å². The minimum atomic E-state index is -0.274. The molecule has 1 aromatic heterocycles. The molecule has 7 heteroatoms. The standard InChI is InChI=1S/C24H23N3O3S/c28-20(26-12-3-7-17(15-26)22-25-11-14-31-22)10-4-13-27-23(29)18-8-1-5-16-6-2-9-19(21(16)18)24(27)30/h1-2,5-6,8-9,11,14,17H,3-4,7,10,12-13,15H2. The fourth-order valence-corrected chi connectivity index (χ4v) is 5.44. The molecule has 6 nitrogen and oxygen atoms in total. The number of amides is 3. The van der Waals surface area contributed by atoms with Crippen LogP contribution in [0.5, 0.6) is 0 Å². The Bertz CT molecular complexity index is 1110. The van der Waals surface area contributed by atoms with Gasteiger partial charge in [-0.05, 0) is 36.8 Å². The van der Waals surface area contributed by atoms with Gasteiger partial charge in [0.2, 0.25) is 5.91 Å². The fourth-order valence-electron chi connectivity index (χ4n) is 4.67.